The van der Waals surface area contributed by atoms with Crippen LogP contribution in [0.5, 0.6) is 5.75 Å². The first-order valence-electron chi connectivity index (χ1n) is 9.74. The molecule has 1 atom stereocenters. The van der Waals surface area contributed by atoms with E-state index in [0.717, 1.165) is 16.7 Å². The van der Waals surface area contributed by atoms with Gasteiger partial charge in [0.1, 0.15) is 5.75 Å². The summed E-state index contributed by atoms with van der Waals surface area (Å²) in [6.45, 7) is 7.60. The highest BCUT2D eigenvalue weighted by molar-refractivity contribution is 7.92. The third kappa shape index (κ3) is 5.61. The van der Waals surface area contributed by atoms with Crippen LogP contribution in [0.25, 0.3) is 0 Å². The van der Waals surface area contributed by atoms with Gasteiger partial charge in [0.15, 0.2) is 6.10 Å². The van der Waals surface area contributed by atoms with Crippen LogP contribution in [0.1, 0.15) is 23.6 Å². The van der Waals surface area contributed by atoms with Crippen LogP contribution >= 0.6 is 0 Å². The molecule has 3 aromatic rings. The third-order valence-electron chi connectivity index (χ3n) is 4.78. The molecular weight excluding hydrogens is 414 g/mol. The van der Waals surface area contributed by atoms with Crippen LogP contribution in [0, 0.1) is 20.8 Å². The number of aromatic nitrogens is 1. The van der Waals surface area contributed by atoms with E-state index < -0.39 is 16.1 Å². The molecule has 8 heteroatoms. The smallest absolute Gasteiger partial charge is 0.265 e. The number of benzene rings is 2. The molecule has 0 saturated carbocycles. The molecule has 0 aliphatic rings. The highest BCUT2D eigenvalue weighted by Crippen LogP contribution is 2.25. The van der Waals surface area contributed by atoms with Crippen molar-refractivity contribution >= 4 is 27.3 Å². The number of rotatable bonds is 7. The van der Waals surface area contributed by atoms with Crippen molar-refractivity contribution in [3.8, 4) is 5.75 Å². The molecule has 162 valence electrons. The van der Waals surface area contributed by atoms with Crippen LogP contribution in [0.15, 0.2) is 65.8 Å². The zero-order valence-corrected chi connectivity index (χ0v) is 18.7. The molecule has 1 aromatic heterocycles. The van der Waals surface area contributed by atoms with Gasteiger partial charge in [-0.3, -0.25) is 14.5 Å². The monoisotopic (exact) mass is 439 g/mol. The molecule has 0 radical (unpaired) electrons. The first-order valence-corrected chi connectivity index (χ1v) is 11.2. The molecule has 0 saturated heterocycles. The number of pyridine rings is 1. The highest BCUT2D eigenvalue weighted by atomic mass is 32.2. The van der Waals surface area contributed by atoms with Crippen LogP contribution in [0.4, 0.5) is 11.4 Å². The Labute approximate surface area is 182 Å². The van der Waals surface area contributed by atoms with Crippen LogP contribution in [-0.4, -0.2) is 25.4 Å². The van der Waals surface area contributed by atoms with Gasteiger partial charge in [-0.2, -0.15) is 0 Å². The fourth-order valence-corrected chi connectivity index (χ4v) is 4.01. The molecule has 7 nitrogen and oxygen atoms in total. The Kier molecular flexibility index (Phi) is 6.60. The Bertz CT molecular complexity index is 1180. The van der Waals surface area contributed by atoms with Gasteiger partial charge in [0.05, 0.1) is 16.8 Å². The maximum Gasteiger partial charge on any atom is 0.265 e. The maximum atomic E-state index is 12.5. The lowest BCUT2D eigenvalue weighted by atomic mass is 10.1. The van der Waals surface area contributed by atoms with Crippen molar-refractivity contribution < 1.29 is 17.9 Å². The lowest BCUT2D eigenvalue weighted by Gasteiger charge is -2.18. The molecule has 1 amide bonds. The molecule has 0 spiro atoms. The number of nitrogens with one attached hydrogen (secondary N) is 2. The zero-order valence-electron chi connectivity index (χ0n) is 17.8. The van der Waals surface area contributed by atoms with E-state index in [1.165, 1.54) is 30.5 Å². The van der Waals surface area contributed by atoms with Crippen molar-refractivity contribution in [1.29, 1.82) is 0 Å². The standard InChI is InChI=1S/C23H25N3O4S/c1-15-12-16(2)17(3)22(13-15)30-18(4)23(27)25-19-7-9-21(10-8-19)31(28,29)26-20-6-5-11-24-14-20/h5-14,18,26H,1-4H3,(H,25,27)/t18-/m0/s1. The predicted octanol–water partition coefficient (Wildman–Crippen LogP) is 4.21. The summed E-state index contributed by atoms with van der Waals surface area (Å²) in [7, 11) is -3.76. The summed E-state index contributed by atoms with van der Waals surface area (Å²) in [6.07, 6.45) is 2.25. The van der Waals surface area contributed by atoms with E-state index in [9.17, 15) is 13.2 Å². The SMILES string of the molecule is Cc1cc(C)c(C)c(O[C@@H](C)C(=O)Nc2ccc(S(=O)(=O)Nc3cccnc3)cc2)c1. The molecule has 2 N–H and O–H groups in total. The van der Waals surface area contributed by atoms with Crippen LogP contribution in [0.2, 0.25) is 0 Å². The topological polar surface area (TPSA) is 97.4 Å². The number of carbonyl (C=O) groups is 1. The van der Waals surface area contributed by atoms with E-state index in [-0.39, 0.29) is 10.8 Å². The number of hydrogen-bond acceptors (Lipinski definition) is 5. The van der Waals surface area contributed by atoms with E-state index in [2.05, 4.69) is 21.1 Å². The summed E-state index contributed by atoms with van der Waals surface area (Å²) in [6, 6.07) is 13.1. The average molecular weight is 440 g/mol. The van der Waals surface area contributed by atoms with E-state index >= 15 is 0 Å². The number of aryl methyl sites for hydroxylation is 2. The molecule has 3 rings (SSSR count). The summed E-state index contributed by atoms with van der Waals surface area (Å²) in [5.74, 6) is 0.339. The number of carbonyl (C=O) groups excluding carboxylic acids is 1. The third-order valence-corrected chi connectivity index (χ3v) is 6.18. The van der Waals surface area contributed by atoms with Gasteiger partial charge in [0.2, 0.25) is 0 Å². The molecule has 0 fully saturated rings. The minimum Gasteiger partial charge on any atom is -0.481 e. The lowest BCUT2D eigenvalue weighted by Crippen LogP contribution is -2.30. The molecule has 31 heavy (non-hydrogen) atoms. The second kappa shape index (κ2) is 9.18. The molecule has 0 aliphatic heterocycles. The number of anilines is 2. The Morgan fingerprint density at radius 3 is 2.39 bits per heavy atom. The van der Waals surface area contributed by atoms with E-state index in [0.29, 0.717) is 17.1 Å². The molecule has 0 aliphatic carbocycles. The van der Waals surface area contributed by atoms with Gasteiger partial charge >= 0.3 is 0 Å². The number of hydrogen-bond donors (Lipinski definition) is 2. The van der Waals surface area contributed by atoms with E-state index in [1.807, 2.05) is 26.8 Å². The van der Waals surface area contributed by atoms with Gasteiger partial charge < -0.3 is 10.1 Å². The maximum absolute atomic E-state index is 12.5. The van der Waals surface area contributed by atoms with Gasteiger partial charge in [-0.15, -0.1) is 0 Å². The molecule has 2 aromatic carbocycles. The van der Waals surface area contributed by atoms with E-state index in [4.69, 9.17) is 4.74 Å². The van der Waals surface area contributed by atoms with Crippen molar-refractivity contribution in [1.82, 2.24) is 4.98 Å². The largest absolute Gasteiger partial charge is 0.481 e. The number of nitrogens with zero attached hydrogens (tertiary/aromatic N) is 1. The summed E-state index contributed by atoms with van der Waals surface area (Å²) in [5.41, 5.74) is 3.98. The van der Waals surface area contributed by atoms with Gasteiger partial charge in [-0.1, -0.05) is 6.07 Å². The molecule has 0 unspecified atom stereocenters. The van der Waals surface area contributed by atoms with Crippen LogP contribution in [-0.2, 0) is 14.8 Å². The summed E-state index contributed by atoms with van der Waals surface area (Å²) in [4.78, 5) is 16.5. The molecular formula is C23H25N3O4S. The lowest BCUT2D eigenvalue weighted by molar-refractivity contribution is -0.122. The Morgan fingerprint density at radius 2 is 1.74 bits per heavy atom. The Balaban J connectivity index is 1.66. The van der Waals surface area contributed by atoms with Crippen molar-refractivity contribution in [2.24, 2.45) is 0 Å². The van der Waals surface area contributed by atoms with E-state index in [1.54, 1.807) is 25.3 Å². The minimum atomic E-state index is -3.76. The fourth-order valence-electron chi connectivity index (χ4n) is 2.97. The predicted molar refractivity (Wildman–Crippen MR) is 121 cm³/mol. The van der Waals surface area contributed by atoms with Crippen molar-refractivity contribution in [3.63, 3.8) is 0 Å². The Morgan fingerprint density at radius 1 is 1.03 bits per heavy atom. The normalized spacial score (nSPS) is 12.1. The minimum absolute atomic E-state index is 0.0736. The van der Waals surface area contributed by atoms with Crippen LogP contribution < -0.4 is 14.8 Å². The van der Waals surface area contributed by atoms with Crippen molar-refractivity contribution in [2.45, 2.75) is 38.7 Å². The number of ether oxygens (including phenoxy) is 1. The van der Waals surface area contributed by atoms with Crippen molar-refractivity contribution in [2.75, 3.05) is 10.0 Å². The fraction of sp³-hybridized carbons (Fsp3) is 0.217. The zero-order chi connectivity index (χ0) is 22.6. The van der Waals surface area contributed by atoms with Gasteiger partial charge in [0.25, 0.3) is 15.9 Å². The number of sulfonamides is 1. The molecule has 0 bridgehead atoms. The summed E-state index contributed by atoms with van der Waals surface area (Å²) in [5, 5.41) is 2.75. The first kappa shape index (κ1) is 22.3. The quantitative estimate of drug-likeness (QED) is 0.575. The van der Waals surface area contributed by atoms with Gasteiger partial charge in [-0.25, -0.2) is 8.42 Å². The van der Waals surface area contributed by atoms with Gasteiger partial charge in [0, 0.05) is 11.9 Å². The summed E-state index contributed by atoms with van der Waals surface area (Å²) >= 11 is 0. The second-order valence-electron chi connectivity index (χ2n) is 7.33. The number of amides is 1. The molecule has 1 heterocycles. The van der Waals surface area contributed by atoms with Gasteiger partial charge in [-0.05, 0) is 86.8 Å². The second-order valence-corrected chi connectivity index (χ2v) is 9.01. The average Bonchev–Trinajstić information content (AvgIpc) is 2.72. The Hall–Kier alpha value is -3.39. The van der Waals surface area contributed by atoms with Crippen LogP contribution in [0.3, 0.4) is 0 Å². The van der Waals surface area contributed by atoms with Crippen molar-refractivity contribution in [3.05, 3.63) is 77.6 Å². The highest BCUT2D eigenvalue weighted by Gasteiger charge is 2.18. The first-order chi connectivity index (χ1) is 14.7. The summed E-state index contributed by atoms with van der Waals surface area (Å²) < 4.78 is 33.3.